The predicted molar refractivity (Wildman–Crippen MR) is 97.5 cm³/mol. The van der Waals surface area contributed by atoms with Gasteiger partial charge in [0.15, 0.2) is 0 Å². The van der Waals surface area contributed by atoms with E-state index < -0.39 is 0 Å². The fraction of sp³-hybridized carbons (Fsp3) is 0.619. The Morgan fingerprint density at radius 3 is 2.16 bits per heavy atom. The summed E-state index contributed by atoms with van der Waals surface area (Å²) in [5.41, 5.74) is 3.58. The quantitative estimate of drug-likeness (QED) is 0.830. The van der Waals surface area contributed by atoms with Gasteiger partial charge in [-0.25, -0.2) is 0 Å². The molecular weight excluding hydrogens is 312 g/mol. The molecule has 4 heteroatoms. The molecule has 0 atom stereocenters. The van der Waals surface area contributed by atoms with Crippen LogP contribution in [-0.4, -0.2) is 47.8 Å². The Hall–Kier alpha value is -1.84. The Morgan fingerprint density at radius 2 is 1.44 bits per heavy atom. The fourth-order valence-corrected chi connectivity index (χ4v) is 4.61. The van der Waals surface area contributed by atoms with Crippen LogP contribution in [0.25, 0.3) is 0 Å². The number of hydrogen-bond donors (Lipinski definition) is 0. The molecule has 0 N–H and O–H groups in total. The van der Waals surface area contributed by atoms with Gasteiger partial charge in [-0.3, -0.25) is 9.59 Å². The molecule has 1 aromatic rings. The topological polar surface area (TPSA) is 40.6 Å². The number of benzene rings is 1. The van der Waals surface area contributed by atoms with E-state index in [1.54, 1.807) is 0 Å². The molecule has 0 unspecified atom stereocenters. The van der Waals surface area contributed by atoms with Gasteiger partial charge in [0, 0.05) is 37.7 Å². The largest absolute Gasteiger partial charge is 0.339 e. The van der Waals surface area contributed by atoms with E-state index in [2.05, 4.69) is 12.1 Å². The highest BCUT2D eigenvalue weighted by atomic mass is 16.2. The lowest BCUT2D eigenvalue weighted by atomic mass is 9.90. The smallest absolute Gasteiger partial charge is 0.253 e. The first-order chi connectivity index (χ1) is 12.2. The van der Waals surface area contributed by atoms with Crippen LogP contribution in [0.2, 0.25) is 0 Å². The number of carbonyl (C=O) groups excluding carboxylic acids is 2. The van der Waals surface area contributed by atoms with Crippen LogP contribution in [0.15, 0.2) is 18.2 Å². The zero-order valence-corrected chi connectivity index (χ0v) is 15.0. The van der Waals surface area contributed by atoms with E-state index >= 15 is 0 Å². The summed E-state index contributed by atoms with van der Waals surface area (Å²) in [5, 5.41) is 0. The Balaban J connectivity index is 1.37. The highest BCUT2D eigenvalue weighted by Crippen LogP contribution is 2.27. The first kappa shape index (κ1) is 16.6. The molecule has 4 rings (SSSR count). The normalized spacial score (nSPS) is 21.3. The van der Waals surface area contributed by atoms with Crippen molar-refractivity contribution in [1.82, 2.24) is 9.80 Å². The van der Waals surface area contributed by atoms with Crippen LogP contribution in [-0.2, 0) is 17.6 Å². The van der Waals surface area contributed by atoms with Crippen LogP contribution >= 0.6 is 0 Å². The van der Waals surface area contributed by atoms with Crippen molar-refractivity contribution in [1.29, 1.82) is 0 Å². The number of carbonyl (C=O) groups is 2. The fourth-order valence-electron chi connectivity index (χ4n) is 4.61. The number of fused-ring (bicyclic) bond motifs is 1. The van der Waals surface area contributed by atoms with Crippen molar-refractivity contribution in [3.05, 3.63) is 34.9 Å². The summed E-state index contributed by atoms with van der Waals surface area (Å²) in [4.78, 5) is 29.3. The predicted octanol–water partition coefficient (Wildman–Crippen LogP) is 3.04. The van der Waals surface area contributed by atoms with Crippen molar-refractivity contribution in [3.8, 4) is 0 Å². The number of nitrogens with zero attached hydrogens (tertiary/aromatic N) is 2. The molecule has 1 saturated heterocycles. The SMILES string of the molecule is O=C(c1ccc2c(c1)CCCC2)N1CCN(C(=O)C2CCCC2)CC1. The van der Waals surface area contributed by atoms with E-state index in [4.69, 9.17) is 0 Å². The zero-order chi connectivity index (χ0) is 17.2. The minimum atomic E-state index is 0.126. The number of piperazine rings is 1. The molecule has 0 bridgehead atoms. The van der Waals surface area contributed by atoms with E-state index in [0.29, 0.717) is 32.1 Å². The molecule has 0 radical (unpaired) electrons. The summed E-state index contributed by atoms with van der Waals surface area (Å²) in [6, 6.07) is 6.23. The molecule has 1 aliphatic heterocycles. The van der Waals surface area contributed by atoms with Gasteiger partial charge in [0.1, 0.15) is 0 Å². The summed E-state index contributed by atoms with van der Waals surface area (Å²) in [5.74, 6) is 0.683. The maximum Gasteiger partial charge on any atom is 0.253 e. The third-order valence-electron chi connectivity index (χ3n) is 6.18. The Morgan fingerprint density at radius 1 is 0.800 bits per heavy atom. The molecule has 2 aliphatic carbocycles. The molecule has 1 saturated carbocycles. The average Bonchev–Trinajstić information content (AvgIpc) is 3.21. The summed E-state index contributed by atoms with van der Waals surface area (Å²) < 4.78 is 0. The molecule has 2 amide bonds. The first-order valence-corrected chi connectivity index (χ1v) is 9.92. The highest BCUT2D eigenvalue weighted by Gasteiger charge is 2.30. The molecule has 3 aliphatic rings. The van der Waals surface area contributed by atoms with Crippen LogP contribution in [0.4, 0.5) is 0 Å². The Bertz CT molecular complexity index is 656. The van der Waals surface area contributed by atoms with Gasteiger partial charge < -0.3 is 9.80 Å². The summed E-state index contributed by atoms with van der Waals surface area (Å²) in [6.45, 7) is 2.70. The standard InChI is InChI=1S/C21H28N2O2/c24-20(17-6-2-3-7-17)22-11-13-23(14-12-22)21(25)19-10-9-16-5-1-4-8-18(16)15-19/h9-10,15,17H,1-8,11-14H2. The third kappa shape index (κ3) is 3.44. The van der Waals surface area contributed by atoms with Gasteiger partial charge in [-0.1, -0.05) is 18.9 Å². The summed E-state index contributed by atoms with van der Waals surface area (Å²) >= 11 is 0. The van der Waals surface area contributed by atoms with Crippen LogP contribution < -0.4 is 0 Å². The van der Waals surface area contributed by atoms with E-state index in [1.165, 1.54) is 36.8 Å². The van der Waals surface area contributed by atoms with Crippen molar-refractivity contribution in [3.63, 3.8) is 0 Å². The maximum absolute atomic E-state index is 12.8. The lowest BCUT2D eigenvalue weighted by Crippen LogP contribution is -2.51. The molecule has 2 fully saturated rings. The van der Waals surface area contributed by atoms with Crippen LogP contribution in [0.5, 0.6) is 0 Å². The number of aryl methyl sites for hydroxylation is 2. The van der Waals surface area contributed by atoms with Gasteiger partial charge in [-0.2, -0.15) is 0 Å². The van der Waals surface area contributed by atoms with E-state index in [-0.39, 0.29) is 11.8 Å². The van der Waals surface area contributed by atoms with Gasteiger partial charge >= 0.3 is 0 Å². The highest BCUT2D eigenvalue weighted by molar-refractivity contribution is 5.94. The number of amides is 2. The number of rotatable bonds is 2. The van der Waals surface area contributed by atoms with E-state index in [0.717, 1.165) is 31.2 Å². The van der Waals surface area contributed by atoms with Crippen molar-refractivity contribution in [2.45, 2.75) is 51.4 Å². The lowest BCUT2D eigenvalue weighted by molar-refractivity contribution is -0.136. The third-order valence-corrected chi connectivity index (χ3v) is 6.18. The van der Waals surface area contributed by atoms with Gasteiger partial charge in [0.05, 0.1) is 0 Å². The molecule has 134 valence electrons. The monoisotopic (exact) mass is 340 g/mol. The first-order valence-electron chi connectivity index (χ1n) is 9.92. The summed E-state index contributed by atoms with van der Waals surface area (Å²) in [7, 11) is 0. The van der Waals surface area contributed by atoms with Crippen molar-refractivity contribution in [2.24, 2.45) is 5.92 Å². The van der Waals surface area contributed by atoms with Crippen LogP contribution in [0, 0.1) is 5.92 Å². The van der Waals surface area contributed by atoms with Gasteiger partial charge in [-0.05, 0) is 61.8 Å². The van der Waals surface area contributed by atoms with Gasteiger partial charge in [0.25, 0.3) is 5.91 Å². The lowest BCUT2D eigenvalue weighted by Gasteiger charge is -2.36. The summed E-state index contributed by atoms with van der Waals surface area (Å²) in [6.07, 6.45) is 9.20. The van der Waals surface area contributed by atoms with Crippen LogP contribution in [0.3, 0.4) is 0 Å². The van der Waals surface area contributed by atoms with Crippen molar-refractivity contribution < 1.29 is 9.59 Å². The molecule has 25 heavy (non-hydrogen) atoms. The second-order valence-electron chi connectivity index (χ2n) is 7.79. The minimum Gasteiger partial charge on any atom is -0.339 e. The van der Waals surface area contributed by atoms with Gasteiger partial charge in [0.2, 0.25) is 5.91 Å². The van der Waals surface area contributed by atoms with E-state index in [9.17, 15) is 9.59 Å². The number of hydrogen-bond acceptors (Lipinski definition) is 2. The van der Waals surface area contributed by atoms with Gasteiger partial charge in [-0.15, -0.1) is 0 Å². The molecule has 1 aromatic carbocycles. The second-order valence-corrected chi connectivity index (χ2v) is 7.79. The molecule has 0 aromatic heterocycles. The average molecular weight is 340 g/mol. The Labute approximate surface area is 150 Å². The second kappa shape index (κ2) is 7.19. The van der Waals surface area contributed by atoms with E-state index in [1.807, 2.05) is 15.9 Å². The maximum atomic E-state index is 12.8. The Kier molecular flexibility index (Phi) is 4.78. The zero-order valence-electron chi connectivity index (χ0n) is 15.0. The van der Waals surface area contributed by atoms with Crippen molar-refractivity contribution >= 4 is 11.8 Å². The molecular formula is C21H28N2O2. The molecule has 4 nitrogen and oxygen atoms in total. The molecule has 1 heterocycles. The minimum absolute atomic E-state index is 0.126. The van der Waals surface area contributed by atoms with Crippen LogP contribution in [0.1, 0.15) is 60.0 Å². The van der Waals surface area contributed by atoms with Crippen molar-refractivity contribution in [2.75, 3.05) is 26.2 Å². The molecule has 0 spiro atoms.